The first-order valence-corrected chi connectivity index (χ1v) is 8.52. The molecule has 0 fully saturated rings. The zero-order valence-electron chi connectivity index (χ0n) is 13.6. The third-order valence-corrected chi connectivity index (χ3v) is 4.93. The fraction of sp³-hybridized carbons (Fsp3) is 0.294. The number of aliphatic hydroxyl groups is 1. The maximum Gasteiger partial charge on any atom is 0.315 e. The Balaban J connectivity index is 1.54. The third-order valence-electron chi connectivity index (χ3n) is 3.92. The highest BCUT2D eigenvalue weighted by Gasteiger charge is 2.25. The summed E-state index contributed by atoms with van der Waals surface area (Å²) in [7, 11) is 1.78. The predicted molar refractivity (Wildman–Crippen MR) is 94.8 cm³/mol. The highest BCUT2D eigenvalue weighted by atomic mass is 32.1. The molecular weight excluding hydrogens is 324 g/mol. The number of aryl methyl sites for hydroxylation is 1. The number of carbonyl (C=O) groups is 1. The van der Waals surface area contributed by atoms with Crippen LogP contribution in [0, 0.1) is 0 Å². The average Bonchev–Trinajstić information content (AvgIpc) is 3.18. The van der Waals surface area contributed by atoms with Crippen LogP contribution in [0.15, 0.2) is 42.0 Å². The van der Waals surface area contributed by atoms with Gasteiger partial charge in [-0.3, -0.25) is 4.68 Å². The number of amides is 2. The van der Waals surface area contributed by atoms with Crippen LogP contribution in [0.5, 0.6) is 0 Å². The zero-order chi connectivity index (χ0) is 17.2. The molecule has 0 aliphatic carbocycles. The lowest BCUT2D eigenvalue weighted by molar-refractivity contribution is 0.0593. The number of nitrogens with zero attached hydrogens (tertiary/aromatic N) is 2. The Hall–Kier alpha value is -2.38. The van der Waals surface area contributed by atoms with Crippen molar-refractivity contribution in [2.45, 2.75) is 19.1 Å². The van der Waals surface area contributed by atoms with Crippen molar-refractivity contribution in [3.63, 3.8) is 0 Å². The molecule has 0 bridgehead atoms. The molecule has 3 aromatic rings. The van der Waals surface area contributed by atoms with Gasteiger partial charge in [0.25, 0.3) is 0 Å². The van der Waals surface area contributed by atoms with E-state index >= 15 is 0 Å². The lowest BCUT2D eigenvalue weighted by Gasteiger charge is -2.22. The summed E-state index contributed by atoms with van der Waals surface area (Å²) in [5.74, 6) is 0. The Bertz CT molecular complexity index is 853. The summed E-state index contributed by atoms with van der Waals surface area (Å²) in [4.78, 5) is 12.0. The van der Waals surface area contributed by atoms with E-state index in [4.69, 9.17) is 0 Å². The van der Waals surface area contributed by atoms with E-state index in [2.05, 4.69) is 27.2 Å². The Labute approximate surface area is 144 Å². The van der Waals surface area contributed by atoms with Gasteiger partial charge in [0.05, 0.1) is 12.7 Å². The Morgan fingerprint density at radius 2 is 2.17 bits per heavy atom. The minimum absolute atomic E-state index is 0.106. The summed E-state index contributed by atoms with van der Waals surface area (Å²) >= 11 is 1.66. The minimum Gasteiger partial charge on any atom is -0.383 e. The lowest BCUT2D eigenvalue weighted by atomic mass is 10.00. The van der Waals surface area contributed by atoms with Crippen molar-refractivity contribution in [2.24, 2.45) is 7.05 Å². The van der Waals surface area contributed by atoms with E-state index in [9.17, 15) is 9.90 Å². The van der Waals surface area contributed by atoms with Gasteiger partial charge >= 0.3 is 6.03 Å². The molecule has 2 amide bonds. The molecule has 0 aliphatic rings. The molecule has 2 heterocycles. The maximum absolute atomic E-state index is 12.0. The number of carbonyl (C=O) groups excluding carboxylic acids is 1. The Morgan fingerprint density at radius 1 is 1.38 bits per heavy atom. The van der Waals surface area contributed by atoms with Crippen LogP contribution in [-0.4, -0.2) is 27.5 Å². The van der Waals surface area contributed by atoms with Gasteiger partial charge in [0, 0.05) is 30.1 Å². The van der Waals surface area contributed by atoms with E-state index in [-0.39, 0.29) is 12.6 Å². The number of hydrogen-bond acceptors (Lipinski definition) is 4. The Kier molecular flexibility index (Phi) is 4.55. The molecule has 0 unspecified atom stereocenters. The van der Waals surface area contributed by atoms with Gasteiger partial charge in [0.15, 0.2) is 0 Å². The summed E-state index contributed by atoms with van der Waals surface area (Å²) in [6.07, 6.45) is 3.33. The number of urea groups is 1. The molecule has 0 saturated carbocycles. The van der Waals surface area contributed by atoms with Gasteiger partial charge in [-0.25, -0.2) is 4.79 Å². The van der Waals surface area contributed by atoms with Crippen molar-refractivity contribution < 1.29 is 9.90 Å². The first-order chi connectivity index (χ1) is 11.5. The summed E-state index contributed by atoms with van der Waals surface area (Å²) < 4.78 is 2.82. The van der Waals surface area contributed by atoms with Crippen LogP contribution in [0.1, 0.15) is 18.1 Å². The molecule has 3 N–H and O–H groups in total. The smallest absolute Gasteiger partial charge is 0.315 e. The van der Waals surface area contributed by atoms with Gasteiger partial charge in [-0.2, -0.15) is 5.10 Å². The summed E-state index contributed by atoms with van der Waals surface area (Å²) in [6.45, 7) is 2.20. The zero-order valence-corrected chi connectivity index (χ0v) is 14.4. The Morgan fingerprint density at radius 3 is 2.92 bits per heavy atom. The number of hydrogen-bond donors (Lipinski definition) is 3. The molecule has 6 nitrogen and oxygen atoms in total. The highest BCUT2D eigenvalue weighted by Crippen LogP contribution is 2.25. The van der Waals surface area contributed by atoms with E-state index < -0.39 is 5.60 Å². The third kappa shape index (κ3) is 3.58. The number of fused-ring (bicyclic) bond motifs is 1. The molecule has 3 rings (SSSR count). The van der Waals surface area contributed by atoms with Crippen molar-refractivity contribution in [2.75, 3.05) is 6.54 Å². The topological polar surface area (TPSA) is 79.2 Å². The van der Waals surface area contributed by atoms with E-state index in [1.165, 1.54) is 4.70 Å². The largest absolute Gasteiger partial charge is 0.383 e. The van der Waals surface area contributed by atoms with Gasteiger partial charge in [-0.1, -0.05) is 18.2 Å². The molecule has 0 aliphatic heterocycles. The highest BCUT2D eigenvalue weighted by molar-refractivity contribution is 7.17. The average molecular weight is 344 g/mol. The quantitative estimate of drug-likeness (QED) is 0.665. The standard InChI is InChI=1S/C17H20N4O2S/c1-17(23,13-8-20-21(2)9-13)11-19-16(22)18-7-12-10-24-15-6-4-3-5-14(12)15/h3-6,8-10,23H,7,11H2,1-2H3,(H2,18,19,22)/t17-/m0/s1. The number of nitrogens with one attached hydrogen (secondary N) is 2. The number of aromatic nitrogens is 2. The number of thiophene rings is 1. The molecule has 24 heavy (non-hydrogen) atoms. The molecule has 0 radical (unpaired) electrons. The van der Waals surface area contributed by atoms with Crippen molar-refractivity contribution in [1.29, 1.82) is 0 Å². The normalized spacial score (nSPS) is 13.6. The molecule has 1 atom stereocenters. The van der Waals surface area contributed by atoms with Gasteiger partial charge in [-0.15, -0.1) is 11.3 Å². The predicted octanol–water partition coefficient (Wildman–Crippen LogP) is 2.34. The van der Waals surface area contributed by atoms with Gasteiger partial charge in [0.2, 0.25) is 0 Å². The van der Waals surface area contributed by atoms with E-state index in [1.54, 1.807) is 42.4 Å². The fourth-order valence-corrected chi connectivity index (χ4v) is 3.42. The maximum atomic E-state index is 12.0. The van der Waals surface area contributed by atoms with Crippen LogP contribution in [0.2, 0.25) is 0 Å². The summed E-state index contributed by atoms with van der Waals surface area (Å²) in [6, 6.07) is 7.80. The van der Waals surface area contributed by atoms with E-state index in [0.29, 0.717) is 12.1 Å². The van der Waals surface area contributed by atoms with Crippen molar-refractivity contribution in [3.05, 3.63) is 53.2 Å². The first-order valence-electron chi connectivity index (χ1n) is 7.64. The second kappa shape index (κ2) is 6.62. The molecule has 7 heteroatoms. The van der Waals surface area contributed by atoms with Crippen LogP contribution < -0.4 is 10.6 Å². The molecule has 0 spiro atoms. The van der Waals surface area contributed by atoms with E-state index in [1.807, 2.05) is 18.2 Å². The lowest BCUT2D eigenvalue weighted by Crippen LogP contribution is -2.43. The second-order valence-corrected chi connectivity index (χ2v) is 6.88. The van der Waals surface area contributed by atoms with Crippen LogP contribution >= 0.6 is 11.3 Å². The van der Waals surface area contributed by atoms with Crippen LogP contribution in [0.4, 0.5) is 4.79 Å². The summed E-state index contributed by atoms with van der Waals surface area (Å²) in [5, 5.41) is 23.2. The molecular formula is C17H20N4O2S. The fourth-order valence-electron chi connectivity index (χ4n) is 2.46. The van der Waals surface area contributed by atoms with Crippen LogP contribution in [0.3, 0.4) is 0 Å². The minimum atomic E-state index is -1.17. The van der Waals surface area contributed by atoms with Crippen molar-refractivity contribution >= 4 is 27.5 Å². The number of benzene rings is 1. The van der Waals surface area contributed by atoms with Crippen molar-refractivity contribution in [1.82, 2.24) is 20.4 Å². The van der Waals surface area contributed by atoms with Gasteiger partial charge in [0.1, 0.15) is 5.60 Å². The van der Waals surface area contributed by atoms with Gasteiger partial charge < -0.3 is 15.7 Å². The summed E-state index contributed by atoms with van der Waals surface area (Å²) in [5.41, 5.74) is 0.583. The molecule has 0 saturated heterocycles. The van der Waals surface area contributed by atoms with Gasteiger partial charge in [-0.05, 0) is 29.3 Å². The van der Waals surface area contributed by atoms with E-state index in [0.717, 1.165) is 10.9 Å². The molecule has 2 aromatic heterocycles. The monoisotopic (exact) mass is 344 g/mol. The van der Waals surface area contributed by atoms with Crippen LogP contribution in [-0.2, 0) is 19.2 Å². The number of rotatable bonds is 5. The first kappa shape index (κ1) is 16.5. The molecule has 126 valence electrons. The second-order valence-electron chi connectivity index (χ2n) is 5.97. The SMILES string of the molecule is Cn1cc([C@@](C)(O)CNC(=O)NCc2csc3ccccc23)cn1. The molecule has 1 aromatic carbocycles. The van der Waals surface area contributed by atoms with Crippen LogP contribution in [0.25, 0.3) is 10.1 Å². The van der Waals surface area contributed by atoms with Crippen molar-refractivity contribution in [3.8, 4) is 0 Å².